The molecule has 1 aromatic heterocycles. The molecule has 0 radical (unpaired) electrons. The molecule has 1 N–H and O–H groups in total. The second-order valence-electron chi connectivity index (χ2n) is 6.74. The van der Waals surface area contributed by atoms with Gasteiger partial charge in [0.1, 0.15) is 23.0 Å². The van der Waals surface area contributed by atoms with Gasteiger partial charge in [-0.1, -0.05) is 11.6 Å². The van der Waals surface area contributed by atoms with E-state index in [1.807, 2.05) is 11.0 Å². The molecule has 0 fully saturated rings. The average Bonchev–Trinajstić information content (AvgIpc) is 2.73. The second kappa shape index (κ2) is 9.34. The van der Waals surface area contributed by atoms with Gasteiger partial charge in [-0.25, -0.2) is 13.8 Å². The van der Waals surface area contributed by atoms with Gasteiger partial charge < -0.3 is 10.2 Å². The Morgan fingerprint density at radius 3 is 2.50 bits per heavy atom. The lowest BCUT2D eigenvalue weighted by molar-refractivity contribution is 0.101. The molecule has 1 aliphatic heterocycles. The van der Waals surface area contributed by atoms with E-state index < -0.39 is 23.1 Å². The Hall–Kier alpha value is -3.49. The van der Waals surface area contributed by atoms with Crippen LogP contribution in [0.5, 0.6) is 0 Å². The number of guanidine groups is 1. The Kier molecular flexibility index (Phi) is 6.61. The van der Waals surface area contributed by atoms with Gasteiger partial charge in [-0.2, -0.15) is 5.11 Å². The number of anilines is 1. The number of hydrogen-bond donors (Lipinski definition) is 1. The predicted octanol–water partition coefficient (Wildman–Crippen LogP) is 4.16. The molecule has 1 amide bonds. The number of pyridine rings is 1. The number of nitrogens with one attached hydrogen (secondary N) is 1. The molecular formula is C21H22F2N6O. The summed E-state index contributed by atoms with van der Waals surface area (Å²) in [6, 6.07) is 6.68. The Labute approximate surface area is 173 Å². The van der Waals surface area contributed by atoms with Crippen molar-refractivity contribution in [1.29, 1.82) is 0 Å². The molecule has 156 valence electrons. The van der Waals surface area contributed by atoms with Crippen LogP contribution in [0.3, 0.4) is 0 Å². The van der Waals surface area contributed by atoms with Crippen molar-refractivity contribution in [2.45, 2.75) is 13.3 Å². The molecule has 30 heavy (non-hydrogen) atoms. The summed E-state index contributed by atoms with van der Waals surface area (Å²) >= 11 is 0. The number of nitrogens with zero attached hydrogens (tertiary/aromatic N) is 5. The Morgan fingerprint density at radius 2 is 1.90 bits per heavy atom. The number of aromatic nitrogens is 1. The number of hydrogen-bond acceptors (Lipinski definition) is 4. The fourth-order valence-corrected chi connectivity index (χ4v) is 3.25. The predicted molar refractivity (Wildman–Crippen MR) is 111 cm³/mol. The maximum Gasteiger partial charge on any atom is 0.262 e. The van der Waals surface area contributed by atoms with Crippen molar-refractivity contribution in [2.24, 2.45) is 15.2 Å². The number of carbonyl (C=O) groups excluding carboxylic acids is 1. The lowest BCUT2D eigenvalue weighted by Crippen LogP contribution is -2.35. The molecule has 0 saturated carbocycles. The summed E-state index contributed by atoms with van der Waals surface area (Å²) in [5.74, 6) is -1.98. The smallest absolute Gasteiger partial charge is 0.262 e. The maximum atomic E-state index is 13.8. The third-order valence-corrected chi connectivity index (χ3v) is 4.84. The Bertz CT molecular complexity index is 1010. The van der Waals surface area contributed by atoms with Gasteiger partial charge in [-0.15, -0.1) is 5.11 Å². The van der Waals surface area contributed by atoms with Gasteiger partial charge in [0.2, 0.25) is 5.96 Å². The highest BCUT2D eigenvalue weighted by Crippen LogP contribution is 2.27. The summed E-state index contributed by atoms with van der Waals surface area (Å²) in [5, 5.41) is 10.3. The topological polar surface area (TPSA) is 82.3 Å². The SMILES string of the molecule is CN=NC(=NC)N1CCC(C)=C(c2ccc(NC(=O)c3c(F)cccc3F)nc2)C1. The first-order valence-corrected chi connectivity index (χ1v) is 9.36. The van der Waals surface area contributed by atoms with Crippen molar-refractivity contribution >= 4 is 23.3 Å². The minimum Gasteiger partial charge on any atom is -0.335 e. The van der Waals surface area contributed by atoms with Crippen molar-refractivity contribution in [3.8, 4) is 0 Å². The van der Waals surface area contributed by atoms with E-state index in [4.69, 9.17) is 0 Å². The number of rotatable bonds is 3. The van der Waals surface area contributed by atoms with Crippen molar-refractivity contribution in [1.82, 2.24) is 9.88 Å². The summed E-state index contributed by atoms with van der Waals surface area (Å²) in [5.41, 5.74) is 2.55. The van der Waals surface area contributed by atoms with Crippen LogP contribution in [0, 0.1) is 11.6 Å². The van der Waals surface area contributed by atoms with Crippen LogP contribution in [0.1, 0.15) is 29.3 Å². The number of halogens is 2. The zero-order valence-corrected chi connectivity index (χ0v) is 17.0. The minimum atomic E-state index is -0.926. The number of azo groups is 1. The van der Waals surface area contributed by atoms with Gasteiger partial charge in [0.05, 0.1) is 0 Å². The number of aliphatic imine (C=N–C) groups is 1. The molecule has 0 saturated heterocycles. The average molecular weight is 412 g/mol. The van der Waals surface area contributed by atoms with Gasteiger partial charge in [-0.3, -0.25) is 9.79 Å². The van der Waals surface area contributed by atoms with Crippen LogP contribution >= 0.6 is 0 Å². The third kappa shape index (κ3) is 4.56. The van der Waals surface area contributed by atoms with Crippen LogP contribution in [0.15, 0.2) is 57.3 Å². The highest BCUT2D eigenvalue weighted by atomic mass is 19.1. The molecule has 1 aromatic carbocycles. The maximum absolute atomic E-state index is 13.8. The van der Waals surface area contributed by atoms with Crippen molar-refractivity contribution in [3.05, 3.63) is 64.9 Å². The summed E-state index contributed by atoms with van der Waals surface area (Å²) < 4.78 is 27.6. The van der Waals surface area contributed by atoms with Gasteiger partial charge in [-0.05, 0) is 48.7 Å². The first kappa shape index (κ1) is 21.2. The normalized spacial score (nSPS) is 15.1. The van der Waals surface area contributed by atoms with Crippen molar-refractivity contribution in [2.75, 3.05) is 32.5 Å². The first-order valence-electron chi connectivity index (χ1n) is 9.36. The lowest BCUT2D eigenvalue weighted by atomic mass is 9.96. The molecule has 0 spiro atoms. The summed E-state index contributed by atoms with van der Waals surface area (Å²) in [6.45, 7) is 3.45. The zero-order chi connectivity index (χ0) is 21.7. The standard InChI is InChI=1S/C21H22F2N6O/c1-13-9-10-29(21(24-2)28-25-3)12-15(13)14-7-8-18(26-11-14)27-20(30)19-16(22)5-4-6-17(19)23/h4-8,11H,9-10,12H2,1-3H3,(H,26,27,30). The van der Waals surface area contributed by atoms with Crippen LogP contribution < -0.4 is 5.32 Å². The summed E-state index contributed by atoms with van der Waals surface area (Å²) in [6.07, 6.45) is 2.47. The van der Waals surface area contributed by atoms with E-state index in [2.05, 4.69) is 32.4 Å². The molecule has 2 aromatic rings. The van der Waals surface area contributed by atoms with Gasteiger partial charge in [0.25, 0.3) is 5.91 Å². The van der Waals surface area contributed by atoms with Crippen LogP contribution in [-0.2, 0) is 0 Å². The van der Waals surface area contributed by atoms with Crippen molar-refractivity contribution in [3.63, 3.8) is 0 Å². The molecule has 7 nitrogen and oxygen atoms in total. The fraction of sp³-hybridized carbons (Fsp3) is 0.286. The van der Waals surface area contributed by atoms with E-state index in [-0.39, 0.29) is 5.82 Å². The minimum absolute atomic E-state index is 0.202. The van der Waals surface area contributed by atoms with Crippen LogP contribution in [-0.4, -0.2) is 48.9 Å². The molecule has 1 aliphatic rings. The number of benzene rings is 1. The van der Waals surface area contributed by atoms with E-state index >= 15 is 0 Å². The molecule has 2 heterocycles. The number of carbonyl (C=O) groups is 1. The largest absolute Gasteiger partial charge is 0.335 e. The monoisotopic (exact) mass is 412 g/mol. The molecule has 9 heteroatoms. The molecule has 0 unspecified atom stereocenters. The zero-order valence-electron chi connectivity index (χ0n) is 17.0. The second-order valence-corrected chi connectivity index (χ2v) is 6.74. The van der Waals surface area contributed by atoms with Gasteiger partial charge >= 0.3 is 0 Å². The highest BCUT2D eigenvalue weighted by molar-refractivity contribution is 6.04. The van der Waals surface area contributed by atoms with Crippen molar-refractivity contribution < 1.29 is 13.6 Å². The summed E-state index contributed by atoms with van der Waals surface area (Å²) in [4.78, 5) is 22.7. The summed E-state index contributed by atoms with van der Waals surface area (Å²) in [7, 11) is 3.27. The van der Waals surface area contributed by atoms with E-state index in [0.29, 0.717) is 12.5 Å². The highest BCUT2D eigenvalue weighted by Gasteiger charge is 2.21. The number of amides is 1. The van der Waals surface area contributed by atoms with E-state index in [1.54, 1.807) is 26.4 Å². The molecule has 3 rings (SSSR count). The fourth-order valence-electron chi connectivity index (χ4n) is 3.25. The van der Waals surface area contributed by atoms with Crippen LogP contribution in [0.4, 0.5) is 14.6 Å². The lowest BCUT2D eigenvalue weighted by Gasteiger charge is -2.30. The molecule has 0 aliphatic carbocycles. The molecular weight excluding hydrogens is 390 g/mol. The molecule has 0 bridgehead atoms. The van der Waals surface area contributed by atoms with E-state index in [1.165, 1.54) is 11.6 Å². The van der Waals surface area contributed by atoms with Gasteiger partial charge in [0, 0.05) is 33.4 Å². The van der Waals surface area contributed by atoms with E-state index in [9.17, 15) is 13.6 Å². The Balaban J connectivity index is 1.77. The third-order valence-electron chi connectivity index (χ3n) is 4.84. The first-order chi connectivity index (χ1) is 14.4. The molecule has 0 atom stereocenters. The van der Waals surface area contributed by atoms with Gasteiger partial charge in [0.15, 0.2) is 0 Å². The van der Waals surface area contributed by atoms with Crippen LogP contribution in [0.2, 0.25) is 0 Å². The van der Waals surface area contributed by atoms with Crippen LogP contribution in [0.25, 0.3) is 5.57 Å². The van der Waals surface area contributed by atoms with E-state index in [0.717, 1.165) is 36.2 Å². The Morgan fingerprint density at radius 1 is 1.17 bits per heavy atom. The quantitative estimate of drug-likeness (QED) is 0.467.